The Kier molecular flexibility index (Phi) is 38.2. The molecule has 8 heterocycles. The van der Waals surface area contributed by atoms with Gasteiger partial charge in [0.25, 0.3) is 0 Å². The quantitative estimate of drug-likeness (QED) is 0.0425. The standard InChI is InChI=1S/2C32H25NO4S.6C5H5N.2Zn/c2*1-2-33-25-15-13-23(29(36)19-27(34)21-9-5-3-6-10-21)17-31(25)38-32-18-24(14-16-26(32)33)30(37)20-28(35)22-11-7-4-8-12-22;6*1-2-4-6-5-3-1;;/h2*3-20,34,37H,2H2,1H3;6*1-5H;;/q;;;;;;;;2*+2/p-4/b2*27-19-,30-20-;;;;;;;;. The minimum absolute atomic E-state index is 0. The first-order valence-corrected chi connectivity index (χ1v) is 37.0. The van der Waals surface area contributed by atoms with Gasteiger partial charge >= 0.3 is 39.0 Å². The number of carbonyl (C=O) groups is 4. The fourth-order valence-corrected chi connectivity index (χ4v) is 12.8. The summed E-state index contributed by atoms with van der Waals surface area (Å²) in [6, 6.07) is 90.6. The molecular weight excluding hydrogens is 1560 g/mol. The molecule has 0 aliphatic carbocycles. The van der Waals surface area contributed by atoms with Crippen LogP contribution in [0.3, 0.4) is 0 Å². The molecule has 0 saturated carbocycles. The number of nitrogens with zero attached hydrogens (tertiary/aromatic N) is 8. The van der Waals surface area contributed by atoms with E-state index in [9.17, 15) is 39.6 Å². The Bertz CT molecular complexity index is 4690. The number of benzene rings is 8. The average molecular weight is 1640 g/mol. The first kappa shape index (κ1) is 88.3. The maximum absolute atomic E-state index is 12.9. The van der Waals surface area contributed by atoms with Gasteiger partial charge in [-0.15, -0.1) is 0 Å². The van der Waals surface area contributed by atoms with Crippen molar-refractivity contribution in [1.29, 1.82) is 0 Å². The summed E-state index contributed by atoms with van der Waals surface area (Å²) in [5, 5.41) is 50.8. The molecule has 0 radical (unpaired) electrons. The predicted octanol–water partition coefficient (Wildman–Crippen LogP) is 17.4. The van der Waals surface area contributed by atoms with Crippen LogP contribution in [0, 0.1) is 0 Å². The van der Waals surface area contributed by atoms with E-state index < -0.39 is 0 Å². The van der Waals surface area contributed by atoms with Crippen molar-refractivity contribution in [2.24, 2.45) is 0 Å². The molecule has 0 spiro atoms. The van der Waals surface area contributed by atoms with Crippen molar-refractivity contribution < 1.29 is 78.6 Å². The van der Waals surface area contributed by atoms with Crippen LogP contribution >= 0.6 is 23.5 Å². The van der Waals surface area contributed by atoms with Crippen molar-refractivity contribution in [1.82, 2.24) is 29.9 Å². The molecule has 16 rings (SSSR count). The maximum Gasteiger partial charge on any atom is 2.00 e. The van der Waals surface area contributed by atoms with E-state index in [0.717, 1.165) is 66.6 Å². The number of fused-ring (bicyclic) bond motifs is 4. The van der Waals surface area contributed by atoms with Crippen LogP contribution in [0.2, 0.25) is 0 Å². The van der Waals surface area contributed by atoms with E-state index in [1.54, 1.807) is 220 Å². The molecule has 8 aromatic carbocycles. The number of hydrogen-bond acceptors (Lipinski definition) is 18. The number of aromatic nitrogens is 6. The van der Waals surface area contributed by atoms with Crippen LogP contribution in [-0.4, -0.2) is 66.1 Å². The minimum atomic E-state index is -0.367. The van der Waals surface area contributed by atoms with Gasteiger partial charge in [0.1, 0.15) is 0 Å². The molecule has 14 aromatic rings. The van der Waals surface area contributed by atoms with E-state index in [1.165, 1.54) is 23.5 Å². The number of rotatable bonds is 14. The van der Waals surface area contributed by atoms with Gasteiger partial charge in [-0.1, -0.05) is 216 Å². The van der Waals surface area contributed by atoms with Crippen LogP contribution in [0.25, 0.3) is 23.0 Å². The second-order valence-corrected chi connectivity index (χ2v) is 25.7. The van der Waals surface area contributed by atoms with Crippen LogP contribution in [0.5, 0.6) is 0 Å². The molecule has 2 aliphatic rings. The van der Waals surface area contributed by atoms with E-state index >= 15 is 0 Å². The van der Waals surface area contributed by atoms with Crippen LogP contribution in [0.1, 0.15) is 77.5 Å². The number of pyridine rings is 6. The molecule has 0 amide bonds. The summed E-state index contributed by atoms with van der Waals surface area (Å²) in [4.78, 5) is 81.1. The Labute approximate surface area is 698 Å². The Hall–Kier alpha value is -13.0. The molecule has 20 heteroatoms. The van der Waals surface area contributed by atoms with Crippen LogP contribution < -0.4 is 30.2 Å². The van der Waals surface area contributed by atoms with Gasteiger partial charge in [-0.25, -0.2) is 0 Å². The minimum Gasteiger partial charge on any atom is -0.872 e. The zero-order chi connectivity index (χ0) is 78.8. The number of allylic oxidation sites excluding steroid dienone is 4. The van der Waals surface area contributed by atoms with E-state index in [4.69, 9.17) is 0 Å². The van der Waals surface area contributed by atoms with Gasteiger partial charge < -0.3 is 30.2 Å². The number of anilines is 4. The third-order valence-electron chi connectivity index (χ3n) is 15.9. The molecule has 0 N–H and O–H groups in total. The largest absolute Gasteiger partial charge is 2.00 e. The molecule has 0 unspecified atom stereocenters. The zero-order valence-electron chi connectivity index (χ0n) is 62.6. The van der Waals surface area contributed by atoms with E-state index in [1.807, 2.05) is 172 Å². The third-order valence-corrected chi connectivity index (χ3v) is 18.1. The Balaban J connectivity index is 0.000000216. The molecule has 0 atom stereocenters. The smallest absolute Gasteiger partial charge is 0.872 e. The summed E-state index contributed by atoms with van der Waals surface area (Å²) in [5.74, 6) is -2.83. The molecule has 0 bridgehead atoms. The van der Waals surface area contributed by atoms with Crippen LogP contribution in [-0.2, 0) is 39.0 Å². The molecule has 556 valence electrons. The average Bonchev–Trinajstić information content (AvgIpc) is 0.769. The first-order valence-electron chi connectivity index (χ1n) is 35.4. The monoisotopic (exact) mass is 1640 g/mol. The van der Waals surface area contributed by atoms with Gasteiger partial charge in [-0.3, -0.25) is 49.1 Å². The first-order chi connectivity index (χ1) is 54.9. The van der Waals surface area contributed by atoms with Crippen molar-refractivity contribution in [3.05, 3.63) is 446 Å². The van der Waals surface area contributed by atoms with Gasteiger partial charge in [-0.05, 0) is 194 Å². The summed E-state index contributed by atoms with van der Waals surface area (Å²) in [5.41, 5.74) is 7.26. The van der Waals surface area contributed by atoms with E-state index in [-0.39, 0.29) is 85.1 Å². The fraction of sp³-hybridized carbons (Fsp3) is 0.0426. The zero-order valence-corrected chi connectivity index (χ0v) is 70.2. The Morgan fingerprint density at radius 2 is 0.439 bits per heavy atom. The SMILES string of the molecule is CCN1c2ccc(C(=O)/C=C(\[O-])c3ccccc3)cc2Sc2cc(/C([O-])=C/C(=O)c3ccccc3)ccc21.CCN1c2ccc(C(=O)/C=C(\[O-])c3ccccc3)cc2Sc2cc(/C([O-])=C/C(=O)c3ccccc3)ccc21.[Zn+2].[Zn+2].c1ccncc1.c1ccncc1.c1ccncc1.c1ccncc1.c1ccncc1.c1ccncc1. The van der Waals surface area contributed by atoms with Crippen molar-refractivity contribution in [3.63, 3.8) is 0 Å². The third kappa shape index (κ3) is 28.4. The second-order valence-electron chi connectivity index (χ2n) is 23.5. The van der Waals surface area contributed by atoms with Gasteiger partial charge in [0, 0.05) is 129 Å². The second kappa shape index (κ2) is 49.3. The number of hydrogen-bond donors (Lipinski definition) is 0. The molecule has 6 aromatic heterocycles. The van der Waals surface area contributed by atoms with Crippen molar-refractivity contribution in [2.75, 3.05) is 22.9 Å². The van der Waals surface area contributed by atoms with Crippen molar-refractivity contribution >= 4 is 92.4 Å². The summed E-state index contributed by atoms with van der Waals surface area (Å²) >= 11 is 2.90. The van der Waals surface area contributed by atoms with Gasteiger partial charge in [0.05, 0.1) is 22.7 Å². The predicted molar refractivity (Wildman–Crippen MR) is 440 cm³/mol. The summed E-state index contributed by atoms with van der Waals surface area (Å²) in [7, 11) is 0. The topological polar surface area (TPSA) is 244 Å². The molecule has 2 aliphatic heterocycles. The van der Waals surface area contributed by atoms with Gasteiger partial charge in [0.15, 0.2) is 23.1 Å². The van der Waals surface area contributed by atoms with Crippen LogP contribution in [0.15, 0.2) is 422 Å². The normalized spacial score (nSPS) is 11.2. The summed E-state index contributed by atoms with van der Waals surface area (Å²) < 4.78 is 0. The summed E-state index contributed by atoms with van der Waals surface area (Å²) in [6.07, 6.45) is 25.5. The fourth-order valence-electron chi connectivity index (χ4n) is 10.5. The number of ketones is 4. The molecule has 114 heavy (non-hydrogen) atoms. The van der Waals surface area contributed by atoms with Crippen molar-refractivity contribution in [2.45, 2.75) is 33.4 Å². The molecule has 0 fully saturated rings. The van der Waals surface area contributed by atoms with Crippen molar-refractivity contribution in [3.8, 4) is 0 Å². The number of carbonyl (C=O) groups excluding carboxylic acids is 4. The van der Waals surface area contributed by atoms with E-state index in [2.05, 4.69) is 39.7 Å². The van der Waals surface area contributed by atoms with Crippen LogP contribution in [0.4, 0.5) is 22.7 Å². The molecular formula is C94H76N8O8S2Zn2. The van der Waals surface area contributed by atoms with Gasteiger partial charge in [-0.2, -0.15) is 0 Å². The van der Waals surface area contributed by atoms with Gasteiger partial charge in [0.2, 0.25) is 0 Å². The molecule has 0 saturated heterocycles. The molecule has 16 nitrogen and oxygen atoms in total. The Morgan fingerprint density at radius 3 is 0.640 bits per heavy atom. The Morgan fingerprint density at radius 1 is 0.254 bits per heavy atom. The maximum atomic E-state index is 12.9. The van der Waals surface area contributed by atoms with E-state index in [0.29, 0.717) is 57.6 Å². The summed E-state index contributed by atoms with van der Waals surface area (Å²) in [6.45, 7) is 5.41.